The van der Waals surface area contributed by atoms with Crippen LogP contribution in [0.5, 0.6) is 0 Å². The highest BCUT2D eigenvalue weighted by Gasteiger charge is 2.36. The lowest BCUT2D eigenvalue weighted by molar-refractivity contribution is -0.118. The molecule has 2 aromatic rings. The van der Waals surface area contributed by atoms with Crippen LogP contribution in [0.1, 0.15) is 29.9 Å². The number of fused-ring (bicyclic) bond motifs is 1. The van der Waals surface area contributed by atoms with E-state index in [4.69, 9.17) is 23.2 Å². The second-order valence-electron chi connectivity index (χ2n) is 8.30. The van der Waals surface area contributed by atoms with Gasteiger partial charge in [0.05, 0.1) is 21.8 Å². The van der Waals surface area contributed by atoms with Gasteiger partial charge in [-0.25, -0.2) is 4.98 Å². The second kappa shape index (κ2) is 8.16. The van der Waals surface area contributed by atoms with E-state index in [9.17, 15) is 9.59 Å². The average molecular weight is 463 g/mol. The van der Waals surface area contributed by atoms with Gasteiger partial charge in [0.25, 0.3) is 5.91 Å². The summed E-state index contributed by atoms with van der Waals surface area (Å²) in [6.07, 6.45) is 0. The zero-order chi connectivity index (χ0) is 22.4. The number of carbonyl (C=O) groups is 2. The second-order valence-corrected chi connectivity index (χ2v) is 9.11. The van der Waals surface area contributed by atoms with Crippen LogP contribution in [0.15, 0.2) is 18.2 Å². The molecule has 4 rings (SSSR count). The number of likely N-dealkylation sites (tertiary alicyclic amines) is 1. The van der Waals surface area contributed by atoms with E-state index in [0.29, 0.717) is 51.8 Å². The zero-order valence-electron chi connectivity index (χ0n) is 17.7. The lowest BCUT2D eigenvalue weighted by Crippen LogP contribution is -2.57. The molecular formula is C21H24Cl2N6O2. The number of hydrogen-bond donors (Lipinski definition) is 2. The van der Waals surface area contributed by atoms with E-state index in [1.54, 1.807) is 23.1 Å². The minimum Gasteiger partial charge on any atom is -0.348 e. The van der Waals surface area contributed by atoms with Crippen LogP contribution >= 0.6 is 23.2 Å². The van der Waals surface area contributed by atoms with Crippen molar-refractivity contribution < 1.29 is 9.59 Å². The summed E-state index contributed by atoms with van der Waals surface area (Å²) in [4.78, 5) is 37.9. The summed E-state index contributed by atoms with van der Waals surface area (Å²) in [5, 5.41) is 7.02. The van der Waals surface area contributed by atoms with E-state index >= 15 is 0 Å². The molecule has 3 heterocycles. The van der Waals surface area contributed by atoms with E-state index in [-0.39, 0.29) is 29.8 Å². The number of anilines is 3. The molecule has 2 N–H and O–H groups in total. The standard InChI is InChI=1S/C21H24Cl2N6O2/c1-10(2)17-19(30)26-16-11(3)24-21(27-18(16)28(17)4)25-13-8-29(9-13)20(31)12-5-6-14(22)15(23)7-12/h5-7,10,13,17H,8-9H2,1-4H3,(H,26,30)(H,24,25,27). The van der Waals surface area contributed by atoms with Crippen molar-refractivity contribution in [1.82, 2.24) is 14.9 Å². The van der Waals surface area contributed by atoms with Gasteiger partial charge in [0.15, 0.2) is 5.82 Å². The molecule has 2 aliphatic heterocycles. The summed E-state index contributed by atoms with van der Waals surface area (Å²) < 4.78 is 0. The third-order valence-electron chi connectivity index (χ3n) is 5.64. The molecule has 0 spiro atoms. The van der Waals surface area contributed by atoms with Crippen molar-refractivity contribution in [2.45, 2.75) is 32.9 Å². The molecular weight excluding hydrogens is 439 g/mol. The summed E-state index contributed by atoms with van der Waals surface area (Å²) >= 11 is 11.9. The minimum atomic E-state index is -0.294. The number of likely N-dealkylation sites (N-methyl/N-ethyl adjacent to an activating group) is 1. The van der Waals surface area contributed by atoms with Crippen LogP contribution < -0.4 is 15.5 Å². The highest BCUT2D eigenvalue weighted by Crippen LogP contribution is 2.34. The lowest BCUT2D eigenvalue weighted by Gasteiger charge is -2.40. The fraction of sp³-hybridized carbons (Fsp3) is 0.429. The Morgan fingerprint density at radius 1 is 1.23 bits per heavy atom. The van der Waals surface area contributed by atoms with Gasteiger partial charge in [-0.3, -0.25) is 9.59 Å². The number of amides is 2. The highest BCUT2D eigenvalue weighted by molar-refractivity contribution is 6.42. The molecule has 1 aromatic heterocycles. The smallest absolute Gasteiger partial charge is 0.254 e. The molecule has 31 heavy (non-hydrogen) atoms. The summed E-state index contributed by atoms with van der Waals surface area (Å²) in [6.45, 7) is 6.91. The largest absolute Gasteiger partial charge is 0.348 e. The predicted octanol–water partition coefficient (Wildman–Crippen LogP) is 3.44. The Morgan fingerprint density at radius 3 is 2.58 bits per heavy atom. The average Bonchev–Trinajstić information content (AvgIpc) is 2.67. The van der Waals surface area contributed by atoms with Gasteiger partial charge in [-0.2, -0.15) is 4.98 Å². The van der Waals surface area contributed by atoms with Crippen molar-refractivity contribution in [3.63, 3.8) is 0 Å². The zero-order valence-corrected chi connectivity index (χ0v) is 19.3. The summed E-state index contributed by atoms with van der Waals surface area (Å²) in [5.41, 5.74) is 1.84. The van der Waals surface area contributed by atoms with Crippen LogP contribution in [0.3, 0.4) is 0 Å². The van der Waals surface area contributed by atoms with Crippen LogP contribution in [0.4, 0.5) is 17.5 Å². The Hall–Kier alpha value is -2.58. The van der Waals surface area contributed by atoms with Crippen molar-refractivity contribution in [2.24, 2.45) is 5.92 Å². The summed E-state index contributed by atoms with van der Waals surface area (Å²) in [5.74, 6) is 1.16. The first kappa shape index (κ1) is 21.6. The molecule has 1 fully saturated rings. The van der Waals surface area contributed by atoms with E-state index in [2.05, 4.69) is 20.6 Å². The van der Waals surface area contributed by atoms with E-state index in [1.807, 2.05) is 32.7 Å². The van der Waals surface area contributed by atoms with Crippen molar-refractivity contribution in [2.75, 3.05) is 35.7 Å². The van der Waals surface area contributed by atoms with Gasteiger partial charge >= 0.3 is 0 Å². The van der Waals surface area contributed by atoms with Gasteiger partial charge in [0.1, 0.15) is 11.7 Å². The topological polar surface area (TPSA) is 90.5 Å². The van der Waals surface area contributed by atoms with Crippen LogP contribution in [0.25, 0.3) is 0 Å². The van der Waals surface area contributed by atoms with Crippen molar-refractivity contribution in [3.05, 3.63) is 39.5 Å². The molecule has 2 aliphatic rings. The highest BCUT2D eigenvalue weighted by atomic mass is 35.5. The normalized spacial score (nSPS) is 18.5. The number of nitrogens with zero attached hydrogens (tertiary/aromatic N) is 4. The van der Waals surface area contributed by atoms with Gasteiger partial charge in [-0.15, -0.1) is 0 Å². The molecule has 1 atom stereocenters. The molecule has 8 nitrogen and oxygen atoms in total. The van der Waals surface area contributed by atoms with Crippen LogP contribution in [-0.4, -0.2) is 58.9 Å². The monoisotopic (exact) mass is 462 g/mol. The molecule has 2 amide bonds. The first-order valence-electron chi connectivity index (χ1n) is 10.1. The molecule has 0 radical (unpaired) electrons. The third-order valence-corrected chi connectivity index (χ3v) is 6.38. The van der Waals surface area contributed by atoms with E-state index in [0.717, 1.165) is 0 Å². The number of benzene rings is 1. The third kappa shape index (κ3) is 4.02. The van der Waals surface area contributed by atoms with Crippen molar-refractivity contribution in [1.29, 1.82) is 0 Å². The maximum Gasteiger partial charge on any atom is 0.254 e. The number of halogens is 2. The summed E-state index contributed by atoms with van der Waals surface area (Å²) in [6, 6.07) is 4.61. The fourth-order valence-electron chi connectivity index (χ4n) is 4.01. The Morgan fingerprint density at radius 2 is 1.94 bits per heavy atom. The number of hydrogen-bond acceptors (Lipinski definition) is 6. The van der Waals surface area contributed by atoms with E-state index < -0.39 is 0 Å². The maximum atomic E-state index is 12.6. The van der Waals surface area contributed by atoms with Gasteiger partial charge in [-0.05, 0) is 31.0 Å². The number of carbonyl (C=O) groups excluding carboxylic acids is 2. The molecule has 0 bridgehead atoms. The minimum absolute atomic E-state index is 0.0357. The molecule has 1 unspecified atom stereocenters. The van der Waals surface area contributed by atoms with E-state index in [1.165, 1.54) is 0 Å². The first-order valence-corrected chi connectivity index (χ1v) is 10.8. The van der Waals surface area contributed by atoms with Gasteiger partial charge in [-0.1, -0.05) is 37.0 Å². The lowest BCUT2D eigenvalue weighted by atomic mass is 9.99. The van der Waals surface area contributed by atoms with Gasteiger partial charge in [0.2, 0.25) is 11.9 Å². The Labute approximate surface area is 190 Å². The van der Waals surface area contributed by atoms with Gasteiger partial charge < -0.3 is 20.4 Å². The SMILES string of the molecule is Cc1nc(NC2CN(C(=O)c3ccc(Cl)c(Cl)c3)C2)nc2c1NC(=O)C(C(C)C)N2C. The number of aromatic nitrogens is 2. The van der Waals surface area contributed by atoms with Crippen molar-refractivity contribution >= 4 is 52.5 Å². The molecule has 164 valence electrons. The molecule has 1 aromatic carbocycles. The number of aryl methyl sites for hydroxylation is 1. The van der Waals surface area contributed by atoms with Gasteiger partial charge in [0, 0.05) is 25.7 Å². The van der Waals surface area contributed by atoms with Crippen molar-refractivity contribution in [3.8, 4) is 0 Å². The van der Waals surface area contributed by atoms with Crippen LogP contribution in [0.2, 0.25) is 10.0 Å². The molecule has 10 heteroatoms. The number of nitrogens with one attached hydrogen (secondary N) is 2. The predicted molar refractivity (Wildman–Crippen MR) is 122 cm³/mol. The summed E-state index contributed by atoms with van der Waals surface area (Å²) in [7, 11) is 1.87. The molecule has 1 saturated heterocycles. The Kier molecular flexibility index (Phi) is 5.70. The maximum absolute atomic E-state index is 12.6. The molecule has 0 saturated carbocycles. The van der Waals surface area contributed by atoms with Crippen LogP contribution in [0, 0.1) is 12.8 Å². The van der Waals surface area contributed by atoms with Crippen LogP contribution in [-0.2, 0) is 4.79 Å². The quantitative estimate of drug-likeness (QED) is 0.722. The Bertz CT molecular complexity index is 1050. The molecule has 0 aliphatic carbocycles. The Balaban J connectivity index is 1.45. The fourth-order valence-corrected chi connectivity index (χ4v) is 4.31. The number of rotatable bonds is 4. The first-order chi connectivity index (χ1) is 14.7.